The zero-order valence-electron chi connectivity index (χ0n) is 17.3. The minimum atomic E-state index is 0.128. The largest absolute Gasteiger partial charge is 0.451 e. The lowest BCUT2D eigenvalue weighted by Crippen LogP contribution is -2.40. The Balaban J connectivity index is 1.45. The molecule has 8 heteroatoms. The number of carbonyl (C=O) groups is 2. The number of likely N-dealkylation sites (tertiary alicyclic amines) is 1. The van der Waals surface area contributed by atoms with Crippen LogP contribution in [0.2, 0.25) is 0 Å². The molecule has 2 amide bonds. The van der Waals surface area contributed by atoms with E-state index in [1.165, 1.54) is 12.1 Å². The summed E-state index contributed by atoms with van der Waals surface area (Å²) in [6.45, 7) is 7.44. The van der Waals surface area contributed by atoms with E-state index in [2.05, 4.69) is 16.6 Å². The molecule has 2 aromatic rings. The second-order valence-electron chi connectivity index (χ2n) is 8.09. The Hall–Kier alpha value is -2.64. The standard InChI is InChI=1S/C21H29N5O3/c1-3-7-26-19-6-10-25(12-17(19)21(23-26)18-13-29-14-22-18)20(28)11-16-4-8-24(9-5-16)15(2)27/h13-14,16H,3-12H2,1-2H3. The van der Waals surface area contributed by atoms with Crippen molar-refractivity contribution in [3.8, 4) is 11.4 Å². The van der Waals surface area contributed by atoms with Gasteiger partial charge in [-0.05, 0) is 25.2 Å². The minimum absolute atomic E-state index is 0.128. The predicted molar refractivity (Wildman–Crippen MR) is 107 cm³/mol. The summed E-state index contributed by atoms with van der Waals surface area (Å²) in [5.74, 6) is 0.686. The van der Waals surface area contributed by atoms with Crippen molar-refractivity contribution in [3.05, 3.63) is 23.9 Å². The van der Waals surface area contributed by atoms with Crippen molar-refractivity contribution >= 4 is 11.8 Å². The molecule has 0 unspecified atom stereocenters. The van der Waals surface area contributed by atoms with Gasteiger partial charge in [-0.1, -0.05) is 6.92 Å². The summed E-state index contributed by atoms with van der Waals surface area (Å²) < 4.78 is 7.23. The summed E-state index contributed by atoms with van der Waals surface area (Å²) in [6.07, 6.45) is 7.22. The maximum absolute atomic E-state index is 13.0. The van der Waals surface area contributed by atoms with Gasteiger partial charge < -0.3 is 14.2 Å². The third-order valence-corrected chi connectivity index (χ3v) is 6.12. The average molecular weight is 399 g/mol. The highest BCUT2D eigenvalue weighted by molar-refractivity contribution is 5.77. The minimum Gasteiger partial charge on any atom is -0.451 e. The number of fused-ring (bicyclic) bond motifs is 1. The molecule has 1 fully saturated rings. The van der Waals surface area contributed by atoms with Crippen molar-refractivity contribution in [2.75, 3.05) is 19.6 Å². The first-order valence-electron chi connectivity index (χ1n) is 10.6. The summed E-state index contributed by atoms with van der Waals surface area (Å²) in [5, 5.41) is 4.78. The zero-order valence-corrected chi connectivity index (χ0v) is 17.3. The van der Waals surface area contributed by atoms with Gasteiger partial charge in [-0.2, -0.15) is 5.10 Å². The number of carbonyl (C=O) groups excluding carboxylic acids is 2. The van der Waals surface area contributed by atoms with E-state index in [0.29, 0.717) is 18.9 Å². The van der Waals surface area contributed by atoms with E-state index < -0.39 is 0 Å². The summed E-state index contributed by atoms with van der Waals surface area (Å²) in [4.78, 5) is 32.6. The topological polar surface area (TPSA) is 84.5 Å². The van der Waals surface area contributed by atoms with Gasteiger partial charge in [0.05, 0.1) is 0 Å². The van der Waals surface area contributed by atoms with E-state index in [9.17, 15) is 9.59 Å². The van der Waals surface area contributed by atoms with Gasteiger partial charge in [0.25, 0.3) is 0 Å². The first-order chi connectivity index (χ1) is 14.1. The van der Waals surface area contributed by atoms with Gasteiger partial charge in [0, 0.05) is 63.7 Å². The third-order valence-electron chi connectivity index (χ3n) is 6.12. The SMILES string of the molecule is CCCn1nc(-c2cocn2)c2c1CCN(C(=O)CC1CCN(C(C)=O)CC1)C2. The number of aryl methyl sites for hydroxylation is 1. The Morgan fingerprint density at radius 3 is 2.66 bits per heavy atom. The molecule has 0 aliphatic carbocycles. The van der Waals surface area contributed by atoms with Crippen molar-refractivity contribution in [1.29, 1.82) is 0 Å². The fourth-order valence-electron chi connectivity index (χ4n) is 4.46. The zero-order chi connectivity index (χ0) is 20.4. The van der Waals surface area contributed by atoms with Gasteiger partial charge in [0.2, 0.25) is 11.8 Å². The van der Waals surface area contributed by atoms with E-state index >= 15 is 0 Å². The number of hydrogen-bond donors (Lipinski definition) is 0. The highest BCUT2D eigenvalue weighted by atomic mass is 16.3. The molecule has 156 valence electrons. The highest BCUT2D eigenvalue weighted by Gasteiger charge is 2.30. The van der Waals surface area contributed by atoms with Crippen LogP contribution in [0, 0.1) is 5.92 Å². The molecular weight excluding hydrogens is 370 g/mol. The molecule has 0 spiro atoms. The Kier molecular flexibility index (Phi) is 5.69. The maximum atomic E-state index is 13.0. The van der Waals surface area contributed by atoms with Gasteiger partial charge >= 0.3 is 0 Å². The summed E-state index contributed by atoms with van der Waals surface area (Å²) >= 11 is 0. The second kappa shape index (κ2) is 8.39. The van der Waals surface area contributed by atoms with Crippen molar-refractivity contribution < 1.29 is 14.0 Å². The van der Waals surface area contributed by atoms with Gasteiger partial charge in [-0.15, -0.1) is 0 Å². The number of piperidine rings is 1. The number of hydrogen-bond acceptors (Lipinski definition) is 5. The Morgan fingerprint density at radius 2 is 2.00 bits per heavy atom. The molecule has 0 radical (unpaired) electrons. The van der Waals surface area contributed by atoms with Crippen LogP contribution in [0.3, 0.4) is 0 Å². The Bertz CT molecular complexity index is 865. The summed E-state index contributed by atoms with van der Waals surface area (Å²) in [6, 6.07) is 0. The van der Waals surface area contributed by atoms with Crippen LogP contribution in [-0.4, -0.2) is 56.0 Å². The lowest BCUT2D eigenvalue weighted by atomic mass is 9.92. The molecule has 2 aliphatic rings. The lowest BCUT2D eigenvalue weighted by molar-refractivity contribution is -0.134. The molecule has 4 rings (SSSR count). The van der Waals surface area contributed by atoms with E-state index in [0.717, 1.165) is 68.8 Å². The average Bonchev–Trinajstić information content (AvgIpc) is 3.36. The highest BCUT2D eigenvalue weighted by Crippen LogP contribution is 2.30. The monoisotopic (exact) mass is 399 g/mol. The summed E-state index contributed by atoms with van der Waals surface area (Å²) in [7, 11) is 0. The van der Waals surface area contributed by atoms with Gasteiger partial charge in [-0.3, -0.25) is 14.3 Å². The molecule has 1 saturated heterocycles. The molecule has 0 bridgehead atoms. The predicted octanol–water partition coefficient (Wildman–Crippen LogP) is 2.48. The van der Waals surface area contributed by atoms with E-state index in [1.54, 1.807) is 13.2 Å². The van der Waals surface area contributed by atoms with E-state index in [-0.39, 0.29) is 11.8 Å². The Labute approximate surface area is 170 Å². The smallest absolute Gasteiger partial charge is 0.223 e. The molecule has 8 nitrogen and oxygen atoms in total. The number of oxazole rings is 1. The normalized spacial score (nSPS) is 17.4. The van der Waals surface area contributed by atoms with Crippen LogP contribution in [-0.2, 0) is 29.1 Å². The van der Waals surface area contributed by atoms with E-state index in [4.69, 9.17) is 9.52 Å². The molecule has 2 aromatic heterocycles. The number of rotatable bonds is 5. The second-order valence-corrected chi connectivity index (χ2v) is 8.09. The summed E-state index contributed by atoms with van der Waals surface area (Å²) in [5.41, 5.74) is 3.86. The molecule has 0 atom stereocenters. The first kappa shape index (κ1) is 19.7. The molecular formula is C21H29N5O3. The molecule has 0 aromatic carbocycles. The van der Waals surface area contributed by atoms with Crippen molar-refractivity contribution in [2.45, 2.75) is 59.0 Å². The van der Waals surface area contributed by atoms with Crippen molar-refractivity contribution in [1.82, 2.24) is 24.6 Å². The lowest BCUT2D eigenvalue weighted by Gasteiger charge is -2.33. The number of aromatic nitrogens is 3. The molecule has 0 N–H and O–H groups in total. The molecule has 4 heterocycles. The van der Waals surface area contributed by atoms with Crippen LogP contribution in [0.4, 0.5) is 0 Å². The van der Waals surface area contributed by atoms with Crippen LogP contribution < -0.4 is 0 Å². The van der Waals surface area contributed by atoms with Crippen LogP contribution in [0.5, 0.6) is 0 Å². The molecule has 2 aliphatic heterocycles. The van der Waals surface area contributed by atoms with Crippen LogP contribution in [0.25, 0.3) is 11.4 Å². The van der Waals surface area contributed by atoms with Gasteiger partial charge in [-0.25, -0.2) is 4.98 Å². The first-order valence-corrected chi connectivity index (χ1v) is 10.6. The fraction of sp³-hybridized carbons (Fsp3) is 0.619. The van der Waals surface area contributed by atoms with Crippen molar-refractivity contribution in [2.24, 2.45) is 5.92 Å². The maximum Gasteiger partial charge on any atom is 0.223 e. The van der Waals surface area contributed by atoms with Crippen LogP contribution in [0.1, 0.15) is 50.8 Å². The van der Waals surface area contributed by atoms with E-state index in [1.807, 2.05) is 9.80 Å². The third kappa shape index (κ3) is 4.06. The molecule has 0 saturated carbocycles. The van der Waals surface area contributed by atoms with Gasteiger partial charge in [0.15, 0.2) is 6.39 Å². The van der Waals surface area contributed by atoms with Crippen LogP contribution in [0.15, 0.2) is 17.1 Å². The number of nitrogens with zero attached hydrogens (tertiary/aromatic N) is 5. The number of amides is 2. The molecule has 29 heavy (non-hydrogen) atoms. The Morgan fingerprint density at radius 1 is 1.21 bits per heavy atom. The fourth-order valence-corrected chi connectivity index (χ4v) is 4.46. The van der Waals surface area contributed by atoms with Crippen LogP contribution >= 0.6 is 0 Å². The van der Waals surface area contributed by atoms with Gasteiger partial charge in [0.1, 0.15) is 17.7 Å². The van der Waals surface area contributed by atoms with Crippen molar-refractivity contribution in [3.63, 3.8) is 0 Å². The quantitative estimate of drug-likeness (QED) is 0.771.